The Kier molecular flexibility index (Phi) is 3.91. The second-order valence-corrected chi connectivity index (χ2v) is 5.37. The van der Waals surface area contributed by atoms with Crippen LogP contribution in [-0.4, -0.2) is 34.0 Å². The number of phenols is 1. The first-order chi connectivity index (χ1) is 11.5. The summed E-state index contributed by atoms with van der Waals surface area (Å²) in [6.07, 6.45) is -0.0498. The third-order valence-corrected chi connectivity index (χ3v) is 3.68. The van der Waals surface area contributed by atoms with Crippen molar-refractivity contribution in [1.82, 2.24) is 0 Å². The van der Waals surface area contributed by atoms with Crippen molar-refractivity contribution >= 4 is 29.2 Å². The van der Waals surface area contributed by atoms with E-state index in [0.29, 0.717) is 5.69 Å². The molecule has 0 aliphatic carbocycles. The molecule has 3 N–H and O–H groups in total. The zero-order chi connectivity index (χ0) is 17.3. The number of imide groups is 1. The SMILES string of the molecule is O=C(O)c1cccc(N2C(=O)CC(Nc3cccc(O)c3)C2=O)c1. The number of aromatic hydroxyl groups is 1. The Bertz CT molecular complexity index is 833. The second kappa shape index (κ2) is 6.04. The monoisotopic (exact) mass is 326 g/mol. The molecule has 0 radical (unpaired) electrons. The highest BCUT2D eigenvalue weighted by Gasteiger charge is 2.39. The maximum absolute atomic E-state index is 12.5. The molecule has 2 aromatic rings. The molecule has 0 bridgehead atoms. The van der Waals surface area contributed by atoms with Crippen LogP contribution in [0.3, 0.4) is 0 Å². The first-order valence-electron chi connectivity index (χ1n) is 7.21. The van der Waals surface area contributed by atoms with Gasteiger partial charge in [-0.3, -0.25) is 9.59 Å². The Morgan fingerprint density at radius 2 is 1.88 bits per heavy atom. The van der Waals surface area contributed by atoms with Crippen LogP contribution in [0.4, 0.5) is 11.4 Å². The number of benzene rings is 2. The minimum Gasteiger partial charge on any atom is -0.508 e. The summed E-state index contributed by atoms with van der Waals surface area (Å²) >= 11 is 0. The number of carboxylic acid groups (broad SMARTS) is 1. The van der Waals surface area contributed by atoms with E-state index in [2.05, 4.69) is 5.32 Å². The predicted octanol–water partition coefficient (Wildman–Crippen LogP) is 1.83. The quantitative estimate of drug-likeness (QED) is 0.740. The van der Waals surface area contributed by atoms with Crippen molar-refractivity contribution in [2.75, 3.05) is 10.2 Å². The number of amides is 2. The van der Waals surface area contributed by atoms with Gasteiger partial charge in [0.05, 0.1) is 17.7 Å². The summed E-state index contributed by atoms with van der Waals surface area (Å²) < 4.78 is 0. The van der Waals surface area contributed by atoms with E-state index in [0.717, 1.165) is 4.90 Å². The van der Waals surface area contributed by atoms with E-state index >= 15 is 0 Å². The summed E-state index contributed by atoms with van der Waals surface area (Å²) in [7, 11) is 0. The first kappa shape index (κ1) is 15.5. The molecule has 7 heteroatoms. The molecule has 1 aliphatic rings. The van der Waals surface area contributed by atoms with E-state index in [9.17, 15) is 19.5 Å². The van der Waals surface area contributed by atoms with E-state index < -0.39 is 23.8 Å². The van der Waals surface area contributed by atoms with E-state index in [1.807, 2.05) is 0 Å². The van der Waals surface area contributed by atoms with Crippen LogP contribution in [0.5, 0.6) is 5.75 Å². The van der Waals surface area contributed by atoms with Gasteiger partial charge in [0.1, 0.15) is 11.8 Å². The lowest BCUT2D eigenvalue weighted by Gasteiger charge is -2.16. The maximum Gasteiger partial charge on any atom is 0.335 e. The van der Waals surface area contributed by atoms with Gasteiger partial charge in [0, 0.05) is 11.8 Å². The summed E-state index contributed by atoms with van der Waals surface area (Å²) in [5, 5.41) is 21.4. The molecule has 3 rings (SSSR count). The molecular formula is C17H14N2O5. The van der Waals surface area contributed by atoms with Gasteiger partial charge in [-0.25, -0.2) is 9.69 Å². The van der Waals surface area contributed by atoms with Crippen molar-refractivity contribution in [3.8, 4) is 5.75 Å². The van der Waals surface area contributed by atoms with Gasteiger partial charge in [-0.15, -0.1) is 0 Å². The summed E-state index contributed by atoms with van der Waals surface area (Å²) in [6.45, 7) is 0. The largest absolute Gasteiger partial charge is 0.508 e. The third kappa shape index (κ3) is 2.91. The Morgan fingerprint density at radius 3 is 2.58 bits per heavy atom. The van der Waals surface area contributed by atoms with Crippen molar-refractivity contribution in [1.29, 1.82) is 0 Å². The Morgan fingerprint density at radius 1 is 1.12 bits per heavy atom. The van der Waals surface area contributed by atoms with Gasteiger partial charge in [-0.2, -0.15) is 0 Å². The van der Waals surface area contributed by atoms with Gasteiger partial charge in [0.2, 0.25) is 5.91 Å². The number of anilines is 2. The Balaban J connectivity index is 1.84. The number of phenolic OH excluding ortho intramolecular Hbond substituents is 1. The van der Waals surface area contributed by atoms with Crippen LogP contribution in [-0.2, 0) is 9.59 Å². The molecule has 1 saturated heterocycles. The van der Waals surface area contributed by atoms with E-state index in [1.54, 1.807) is 12.1 Å². The normalized spacial score (nSPS) is 17.2. The van der Waals surface area contributed by atoms with Crippen molar-refractivity contribution in [3.63, 3.8) is 0 Å². The van der Waals surface area contributed by atoms with Crippen molar-refractivity contribution in [3.05, 3.63) is 54.1 Å². The second-order valence-electron chi connectivity index (χ2n) is 5.37. The highest BCUT2D eigenvalue weighted by Crippen LogP contribution is 2.26. The van der Waals surface area contributed by atoms with E-state index in [4.69, 9.17) is 5.11 Å². The van der Waals surface area contributed by atoms with Crippen LogP contribution in [0.25, 0.3) is 0 Å². The number of carbonyl (C=O) groups is 3. The number of nitrogens with one attached hydrogen (secondary N) is 1. The zero-order valence-electron chi connectivity index (χ0n) is 12.5. The summed E-state index contributed by atoms with van der Waals surface area (Å²) in [4.78, 5) is 36.7. The number of hydrogen-bond donors (Lipinski definition) is 3. The summed E-state index contributed by atoms with van der Waals surface area (Å²) in [5.41, 5.74) is 0.741. The fraction of sp³-hybridized carbons (Fsp3) is 0.118. The van der Waals surface area contributed by atoms with Crippen LogP contribution < -0.4 is 10.2 Å². The Hall–Kier alpha value is -3.35. The topological polar surface area (TPSA) is 107 Å². The molecule has 1 fully saturated rings. The molecule has 1 atom stereocenters. The molecule has 1 unspecified atom stereocenters. The van der Waals surface area contributed by atoms with Gasteiger partial charge in [0.25, 0.3) is 5.91 Å². The van der Waals surface area contributed by atoms with Gasteiger partial charge >= 0.3 is 5.97 Å². The van der Waals surface area contributed by atoms with Crippen LogP contribution in [0.1, 0.15) is 16.8 Å². The molecule has 0 spiro atoms. The number of carbonyl (C=O) groups excluding carboxylic acids is 2. The molecule has 1 aliphatic heterocycles. The molecule has 122 valence electrons. The van der Waals surface area contributed by atoms with Crippen LogP contribution in [0, 0.1) is 0 Å². The smallest absolute Gasteiger partial charge is 0.335 e. The number of rotatable bonds is 4. The molecular weight excluding hydrogens is 312 g/mol. The van der Waals surface area contributed by atoms with E-state index in [1.165, 1.54) is 36.4 Å². The van der Waals surface area contributed by atoms with Crippen molar-refractivity contribution in [2.45, 2.75) is 12.5 Å². The molecule has 2 aromatic carbocycles. The lowest BCUT2D eigenvalue weighted by atomic mass is 10.2. The highest BCUT2D eigenvalue weighted by atomic mass is 16.4. The predicted molar refractivity (Wildman–Crippen MR) is 86.0 cm³/mol. The van der Waals surface area contributed by atoms with Crippen molar-refractivity contribution in [2.24, 2.45) is 0 Å². The maximum atomic E-state index is 12.5. The molecule has 1 heterocycles. The average molecular weight is 326 g/mol. The minimum atomic E-state index is -1.13. The molecule has 2 amide bonds. The van der Waals surface area contributed by atoms with Gasteiger partial charge in [-0.05, 0) is 30.3 Å². The number of hydrogen-bond acceptors (Lipinski definition) is 5. The first-order valence-corrected chi connectivity index (χ1v) is 7.21. The lowest BCUT2D eigenvalue weighted by Crippen LogP contribution is -2.34. The number of carboxylic acids is 1. The number of aromatic carboxylic acids is 1. The molecule has 7 nitrogen and oxygen atoms in total. The average Bonchev–Trinajstić information content (AvgIpc) is 2.81. The van der Waals surface area contributed by atoms with Gasteiger partial charge in [0.15, 0.2) is 0 Å². The molecule has 0 saturated carbocycles. The Labute approximate surface area is 137 Å². The van der Waals surface area contributed by atoms with Crippen LogP contribution in [0.2, 0.25) is 0 Å². The summed E-state index contributed by atoms with van der Waals surface area (Å²) in [5.74, 6) is -1.97. The highest BCUT2D eigenvalue weighted by molar-refractivity contribution is 6.23. The summed E-state index contributed by atoms with van der Waals surface area (Å²) in [6, 6.07) is 11.1. The molecule has 24 heavy (non-hydrogen) atoms. The van der Waals surface area contributed by atoms with Gasteiger partial charge < -0.3 is 15.5 Å². The minimum absolute atomic E-state index is 0.00232. The standard InChI is InChI=1S/C17H14N2O5/c20-13-6-2-4-11(8-13)18-14-9-15(21)19(16(14)22)12-5-1-3-10(7-12)17(23)24/h1-8,14,18,20H,9H2,(H,23,24). The van der Waals surface area contributed by atoms with Gasteiger partial charge in [-0.1, -0.05) is 12.1 Å². The lowest BCUT2D eigenvalue weighted by molar-refractivity contribution is -0.121. The van der Waals surface area contributed by atoms with Crippen LogP contribution in [0.15, 0.2) is 48.5 Å². The van der Waals surface area contributed by atoms with Crippen molar-refractivity contribution < 1.29 is 24.6 Å². The fourth-order valence-electron chi connectivity index (χ4n) is 2.59. The fourth-order valence-corrected chi connectivity index (χ4v) is 2.59. The molecule has 0 aromatic heterocycles. The van der Waals surface area contributed by atoms with Crippen LogP contribution >= 0.6 is 0 Å². The number of nitrogens with zero attached hydrogens (tertiary/aromatic N) is 1. The van der Waals surface area contributed by atoms with E-state index in [-0.39, 0.29) is 23.4 Å². The zero-order valence-corrected chi connectivity index (χ0v) is 12.5. The third-order valence-electron chi connectivity index (χ3n) is 3.68.